The molecular formula is C11H13NO6S. The molecule has 0 aliphatic rings. The third-order valence-electron chi connectivity index (χ3n) is 2.32. The Hall–Kier alpha value is -1.96. The number of benzene rings is 1. The minimum Gasteiger partial charge on any atom is -0.454 e. The van der Waals surface area contributed by atoms with Gasteiger partial charge in [-0.05, 0) is 18.9 Å². The first-order valence-corrected chi connectivity index (χ1v) is 7.15. The zero-order valence-corrected chi connectivity index (χ0v) is 11.1. The second-order valence-corrected chi connectivity index (χ2v) is 5.65. The molecule has 19 heavy (non-hydrogen) atoms. The molecule has 0 amide bonds. The first kappa shape index (κ1) is 15.1. The summed E-state index contributed by atoms with van der Waals surface area (Å²) < 4.78 is 27.4. The highest BCUT2D eigenvalue weighted by molar-refractivity contribution is 8.05. The number of nitro groups is 1. The number of hydrogen-bond donors (Lipinski definition) is 0. The fraction of sp³-hybridized carbons (Fsp3) is 0.364. The predicted octanol–water partition coefficient (Wildman–Crippen LogP) is 1.71. The molecule has 8 heteroatoms. The largest absolute Gasteiger partial charge is 0.454 e. The van der Waals surface area contributed by atoms with Gasteiger partial charge in [0.25, 0.3) is 15.5 Å². The van der Waals surface area contributed by atoms with E-state index in [1.54, 1.807) is 0 Å². The van der Waals surface area contributed by atoms with Gasteiger partial charge in [-0.2, -0.15) is 0 Å². The number of non-ortho nitro benzene ring substituents is 1. The molecule has 0 saturated heterocycles. The summed E-state index contributed by atoms with van der Waals surface area (Å²) >= 11 is 0. The van der Waals surface area contributed by atoms with Gasteiger partial charge in [0.1, 0.15) is 0 Å². The van der Waals surface area contributed by atoms with E-state index in [9.17, 15) is 23.3 Å². The molecule has 1 rings (SSSR count). The van der Waals surface area contributed by atoms with Gasteiger partial charge in [0.2, 0.25) is 0 Å². The van der Waals surface area contributed by atoms with Gasteiger partial charge in [-0.15, -0.1) is 0 Å². The molecule has 0 radical (unpaired) electrons. The molecule has 0 bridgehead atoms. The molecule has 0 fully saturated rings. The molecule has 7 nitrogen and oxygen atoms in total. The summed E-state index contributed by atoms with van der Waals surface area (Å²) in [6, 6.07) is 5.48. The SMILES string of the molecule is CCOC(=O)S(=O)(=O)CCc1ccc([N+](=O)[O-])cc1. The molecule has 1 aromatic carbocycles. The molecule has 0 aliphatic heterocycles. The maximum Gasteiger partial charge on any atom is 0.424 e. The lowest BCUT2D eigenvalue weighted by atomic mass is 10.1. The second-order valence-electron chi connectivity index (χ2n) is 3.68. The van der Waals surface area contributed by atoms with Crippen molar-refractivity contribution in [1.82, 2.24) is 0 Å². The van der Waals surface area contributed by atoms with Gasteiger partial charge in [0, 0.05) is 12.1 Å². The summed E-state index contributed by atoms with van der Waals surface area (Å²) in [5.74, 6) is -0.385. The van der Waals surface area contributed by atoms with Gasteiger partial charge in [-0.3, -0.25) is 10.1 Å². The Bertz CT molecular complexity index is 563. The Balaban J connectivity index is 2.66. The number of nitro benzene ring substituents is 1. The van der Waals surface area contributed by atoms with Crippen LogP contribution in [0.15, 0.2) is 24.3 Å². The molecule has 0 aromatic heterocycles. The normalized spacial score (nSPS) is 11.0. The average Bonchev–Trinajstić information content (AvgIpc) is 2.37. The summed E-state index contributed by atoms with van der Waals surface area (Å²) in [5, 5.41) is 9.20. The van der Waals surface area contributed by atoms with Crippen molar-refractivity contribution < 1.29 is 22.9 Å². The molecular weight excluding hydrogens is 274 g/mol. The van der Waals surface area contributed by atoms with Crippen LogP contribution in [-0.2, 0) is 21.0 Å². The van der Waals surface area contributed by atoms with E-state index >= 15 is 0 Å². The molecule has 0 unspecified atom stereocenters. The number of nitrogens with zero attached hydrogens (tertiary/aromatic N) is 1. The van der Waals surface area contributed by atoms with Crippen molar-refractivity contribution in [1.29, 1.82) is 0 Å². The number of sulfone groups is 1. The summed E-state index contributed by atoms with van der Waals surface area (Å²) in [5.41, 5.74) is 0.524. The Morgan fingerprint density at radius 3 is 2.37 bits per heavy atom. The number of aryl methyl sites for hydroxylation is 1. The lowest BCUT2D eigenvalue weighted by Gasteiger charge is -2.03. The molecule has 104 valence electrons. The Kier molecular flexibility index (Phi) is 4.99. The Morgan fingerprint density at radius 2 is 1.89 bits per heavy atom. The first-order valence-electron chi connectivity index (χ1n) is 5.49. The number of rotatable bonds is 5. The van der Waals surface area contributed by atoms with Crippen LogP contribution < -0.4 is 0 Å². The number of carbonyl (C=O) groups is 1. The van der Waals surface area contributed by atoms with Crippen LogP contribution in [0.2, 0.25) is 0 Å². The number of hydrogen-bond acceptors (Lipinski definition) is 6. The quantitative estimate of drug-likeness (QED) is 0.464. The van der Waals surface area contributed by atoms with E-state index in [2.05, 4.69) is 4.74 Å². The standard InChI is InChI=1S/C11H13NO6S/c1-2-18-11(13)19(16,17)8-7-9-3-5-10(6-4-9)12(14)15/h3-6H,2,7-8H2,1H3. The van der Waals surface area contributed by atoms with E-state index in [0.717, 1.165) is 0 Å². The van der Waals surface area contributed by atoms with Crippen LogP contribution in [0.1, 0.15) is 12.5 Å². The van der Waals surface area contributed by atoms with Crippen LogP contribution in [0.5, 0.6) is 0 Å². The Morgan fingerprint density at radius 1 is 1.32 bits per heavy atom. The maximum absolute atomic E-state index is 11.5. The van der Waals surface area contributed by atoms with Crippen LogP contribution in [0.3, 0.4) is 0 Å². The molecule has 0 heterocycles. The van der Waals surface area contributed by atoms with Crippen molar-refractivity contribution in [3.8, 4) is 0 Å². The zero-order valence-electron chi connectivity index (χ0n) is 10.2. The van der Waals surface area contributed by atoms with Crippen LogP contribution in [-0.4, -0.2) is 31.0 Å². The van der Waals surface area contributed by atoms with E-state index in [1.165, 1.54) is 31.2 Å². The summed E-state index contributed by atoms with van der Waals surface area (Å²) in [6.45, 7) is 1.51. The van der Waals surface area contributed by atoms with Crippen LogP contribution in [0.25, 0.3) is 0 Å². The topological polar surface area (TPSA) is 104 Å². The van der Waals surface area contributed by atoms with Crippen molar-refractivity contribution in [2.24, 2.45) is 0 Å². The van der Waals surface area contributed by atoms with Gasteiger partial charge >= 0.3 is 5.30 Å². The average molecular weight is 287 g/mol. The van der Waals surface area contributed by atoms with Crippen molar-refractivity contribution in [3.05, 3.63) is 39.9 Å². The van der Waals surface area contributed by atoms with Gasteiger partial charge in [-0.25, -0.2) is 13.2 Å². The van der Waals surface area contributed by atoms with Crippen LogP contribution in [0.4, 0.5) is 10.5 Å². The predicted molar refractivity (Wildman–Crippen MR) is 67.6 cm³/mol. The van der Waals surface area contributed by atoms with Gasteiger partial charge in [0.05, 0.1) is 17.3 Å². The summed E-state index contributed by atoms with van der Waals surface area (Å²) in [7, 11) is -3.94. The molecule has 0 atom stereocenters. The van der Waals surface area contributed by atoms with Crippen molar-refractivity contribution in [3.63, 3.8) is 0 Å². The highest BCUT2D eigenvalue weighted by Gasteiger charge is 2.23. The Labute approximate surface area is 110 Å². The van der Waals surface area contributed by atoms with Gasteiger partial charge in [0.15, 0.2) is 0 Å². The summed E-state index contributed by atoms with van der Waals surface area (Å²) in [4.78, 5) is 21.0. The third-order valence-corrected chi connectivity index (χ3v) is 3.69. The van der Waals surface area contributed by atoms with Crippen molar-refractivity contribution in [2.75, 3.05) is 12.4 Å². The van der Waals surface area contributed by atoms with Crippen LogP contribution in [0, 0.1) is 10.1 Å². The molecule has 1 aromatic rings. The number of ether oxygens (including phenoxy) is 1. The minimum absolute atomic E-state index is 0.00437. The second kappa shape index (κ2) is 6.28. The fourth-order valence-corrected chi connectivity index (χ4v) is 2.30. The van der Waals surface area contributed by atoms with E-state index in [1.807, 2.05) is 0 Å². The maximum atomic E-state index is 11.5. The van der Waals surface area contributed by atoms with Crippen molar-refractivity contribution >= 4 is 20.8 Å². The van der Waals surface area contributed by atoms with E-state index in [4.69, 9.17) is 0 Å². The number of carbonyl (C=O) groups excluding carboxylic acids is 1. The van der Waals surface area contributed by atoms with Gasteiger partial charge < -0.3 is 4.74 Å². The molecule has 0 spiro atoms. The van der Waals surface area contributed by atoms with E-state index in [0.29, 0.717) is 5.56 Å². The molecule has 0 saturated carbocycles. The minimum atomic E-state index is -3.94. The van der Waals surface area contributed by atoms with Crippen molar-refractivity contribution in [2.45, 2.75) is 13.3 Å². The molecule has 0 aliphatic carbocycles. The smallest absolute Gasteiger partial charge is 0.424 e. The van der Waals surface area contributed by atoms with E-state index in [-0.39, 0.29) is 24.5 Å². The monoisotopic (exact) mass is 287 g/mol. The first-order chi connectivity index (χ1) is 8.86. The fourth-order valence-electron chi connectivity index (χ4n) is 1.33. The van der Waals surface area contributed by atoms with Crippen LogP contribution >= 0.6 is 0 Å². The molecule has 0 N–H and O–H groups in total. The summed E-state index contributed by atoms with van der Waals surface area (Å²) in [6.07, 6.45) is 0.0964. The van der Waals surface area contributed by atoms with E-state index < -0.39 is 20.1 Å². The zero-order chi connectivity index (χ0) is 14.5. The lowest BCUT2D eigenvalue weighted by Crippen LogP contribution is -2.20. The highest BCUT2D eigenvalue weighted by atomic mass is 32.2. The highest BCUT2D eigenvalue weighted by Crippen LogP contribution is 2.13. The third kappa shape index (κ3) is 4.32. The van der Waals surface area contributed by atoms with Gasteiger partial charge in [-0.1, -0.05) is 12.1 Å². The lowest BCUT2D eigenvalue weighted by molar-refractivity contribution is -0.384.